The van der Waals surface area contributed by atoms with E-state index in [-0.39, 0.29) is 0 Å². The van der Waals surface area contributed by atoms with E-state index in [2.05, 4.69) is 34.9 Å². The number of hydrogen-bond donors (Lipinski definition) is 1. The van der Waals surface area contributed by atoms with Crippen LogP contribution in [0.3, 0.4) is 0 Å². The molecule has 2 unspecified atom stereocenters. The summed E-state index contributed by atoms with van der Waals surface area (Å²) in [6.07, 6.45) is 4.05. The molecule has 1 aromatic carbocycles. The molecule has 2 N–H and O–H groups in total. The van der Waals surface area contributed by atoms with Gasteiger partial charge in [-0.1, -0.05) is 12.1 Å². The molecule has 0 amide bonds. The minimum atomic E-state index is 0.476. The van der Waals surface area contributed by atoms with E-state index in [0.29, 0.717) is 6.04 Å². The van der Waals surface area contributed by atoms with E-state index in [1.807, 2.05) is 6.07 Å². The number of benzene rings is 1. The van der Waals surface area contributed by atoms with Crippen molar-refractivity contribution in [2.45, 2.75) is 38.3 Å². The summed E-state index contributed by atoms with van der Waals surface area (Å²) in [6, 6.07) is 9.63. The lowest BCUT2D eigenvalue weighted by molar-refractivity contribution is 0.182. The van der Waals surface area contributed by atoms with Crippen LogP contribution in [0.25, 0.3) is 0 Å². The summed E-state index contributed by atoms with van der Waals surface area (Å²) in [5.41, 5.74) is 8.15. The molecule has 2 fully saturated rings. The number of rotatable bonds is 2. The van der Waals surface area contributed by atoms with Crippen LogP contribution in [-0.4, -0.2) is 42.0 Å². The Morgan fingerprint density at radius 2 is 2.05 bits per heavy atom. The first-order chi connectivity index (χ1) is 9.24. The van der Waals surface area contributed by atoms with Crippen LogP contribution in [0.2, 0.25) is 0 Å². The van der Waals surface area contributed by atoms with Gasteiger partial charge >= 0.3 is 0 Å². The maximum Gasteiger partial charge on any atom is 0.0321 e. The number of nitrogens with two attached hydrogens (primary N) is 1. The highest BCUT2D eigenvalue weighted by Gasteiger charge is 2.30. The van der Waals surface area contributed by atoms with Crippen LogP contribution in [0.1, 0.15) is 37.8 Å². The van der Waals surface area contributed by atoms with Crippen molar-refractivity contribution in [3.63, 3.8) is 0 Å². The predicted octanol–water partition coefficient (Wildman–Crippen LogP) is 2.50. The fourth-order valence-corrected chi connectivity index (χ4v) is 3.62. The molecule has 0 radical (unpaired) electrons. The molecule has 2 heterocycles. The van der Waals surface area contributed by atoms with Crippen LogP contribution >= 0.6 is 0 Å². The van der Waals surface area contributed by atoms with E-state index in [1.54, 1.807) is 0 Å². The van der Waals surface area contributed by atoms with Crippen molar-refractivity contribution in [1.29, 1.82) is 0 Å². The number of nitrogens with zero attached hydrogens (tertiary/aromatic N) is 2. The van der Waals surface area contributed by atoms with Crippen LogP contribution in [0.15, 0.2) is 24.3 Å². The smallest absolute Gasteiger partial charge is 0.0321 e. The molecule has 2 saturated heterocycles. The van der Waals surface area contributed by atoms with Gasteiger partial charge in [-0.15, -0.1) is 0 Å². The largest absolute Gasteiger partial charge is 0.399 e. The quantitative estimate of drug-likeness (QED) is 0.828. The lowest BCUT2D eigenvalue weighted by atomic mass is 10.0. The molecule has 2 aliphatic rings. The summed E-state index contributed by atoms with van der Waals surface area (Å²) in [5.74, 6) is 0. The Labute approximate surface area is 116 Å². The molecule has 3 heteroatoms. The summed E-state index contributed by atoms with van der Waals surface area (Å²) < 4.78 is 0. The zero-order valence-corrected chi connectivity index (χ0v) is 11.9. The zero-order chi connectivity index (χ0) is 13.2. The second-order valence-corrected chi connectivity index (χ2v) is 6.03. The van der Waals surface area contributed by atoms with Crippen molar-refractivity contribution in [2.75, 3.05) is 31.9 Å². The average Bonchev–Trinajstić information content (AvgIpc) is 2.75. The van der Waals surface area contributed by atoms with Crippen LogP contribution in [0.4, 0.5) is 5.69 Å². The molecule has 19 heavy (non-hydrogen) atoms. The van der Waals surface area contributed by atoms with Crippen LogP contribution in [0.5, 0.6) is 0 Å². The summed E-state index contributed by atoms with van der Waals surface area (Å²) in [5, 5.41) is 0. The van der Waals surface area contributed by atoms with Crippen molar-refractivity contribution >= 4 is 5.69 Å². The van der Waals surface area contributed by atoms with Gasteiger partial charge in [0.25, 0.3) is 0 Å². The third-order valence-corrected chi connectivity index (χ3v) is 4.78. The maximum absolute atomic E-state index is 5.92. The van der Waals surface area contributed by atoms with E-state index in [0.717, 1.165) is 11.7 Å². The van der Waals surface area contributed by atoms with Crippen molar-refractivity contribution in [3.8, 4) is 0 Å². The van der Waals surface area contributed by atoms with Gasteiger partial charge < -0.3 is 5.73 Å². The van der Waals surface area contributed by atoms with Gasteiger partial charge in [-0.2, -0.15) is 0 Å². The lowest BCUT2D eigenvalue weighted by Gasteiger charge is -2.31. The van der Waals surface area contributed by atoms with E-state index in [4.69, 9.17) is 5.73 Å². The van der Waals surface area contributed by atoms with Gasteiger partial charge in [0.15, 0.2) is 0 Å². The maximum atomic E-state index is 5.92. The molecule has 2 aliphatic heterocycles. The first-order valence-corrected chi connectivity index (χ1v) is 7.57. The Morgan fingerprint density at radius 1 is 1.21 bits per heavy atom. The SMILES string of the molecule is CC(c1cccc(N)c1)N1CCCN2CCCC2C1. The molecule has 2 atom stereocenters. The van der Waals surface area contributed by atoms with Gasteiger partial charge in [0.2, 0.25) is 0 Å². The van der Waals surface area contributed by atoms with Crippen molar-refractivity contribution in [3.05, 3.63) is 29.8 Å². The van der Waals surface area contributed by atoms with Gasteiger partial charge in [-0.25, -0.2) is 0 Å². The lowest BCUT2D eigenvalue weighted by Crippen LogP contribution is -2.37. The van der Waals surface area contributed by atoms with Gasteiger partial charge in [0.05, 0.1) is 0 Å². The van der Waals surface area contributed by atoms with Gasteiger partial charge in [-0.05, 0) is 57.0 Å². The van der Waals surface area contributed by atoms with Crippen molar-refractivity contribution in [2.24, 2.45) is 0 Å². The van der Waals surface area contributed by atoms with Crippen LogP contribution < -0.4 is 5.73 Å². The zero-order valence-electron chi connectivity index (χ0n) is 11.9. The second-order valence-electron chi connectivity index (χ2n) is 6.03. The van der Waals surface area contributed by atoms with E-state index in [9.17, 15) is 0 Å². The van der Waals surface area contributed by atoms with Gasteiger partial charge in [-0.3, -0.25) is 9.80 Å². The molecule has 3 nitrogen and oxygen atoms in total. The Morgan fingerprint density at radius 3 is 2.89 bits per heavy atom. The Hall–Kier alpha value is -1.06. The van der Waals surface area contributed by atoms with Gasteiger partial charge in [0.1, 0.15) is 0 Å². The standard InChI is InChI=1S/C16H25N3/c1-13(14-5-2-6-15(17)11-14)19-10-4-9-18-8-3-7-16(18)12-19/h2,5-6,11,13,16H,3-4,7-10,12,17H2,1H3. The van der Waals surface area contributed by atoms with Gasteiger partial charge in [0, 0.05) is 30.9 Å². The molecule has 1 aromatic rings. The molecule has 3 rings (SSSR count). The summed E-state index contributed by atoms with van der Waals surface area (Å²) in [7, 11) is 0. The minimum absolute atomic E-state index is 0.476. The third kappa shape index (κ3) is 2.77. The van der Waals surface area contributed by atoms with E-state index in [1.165, 1.54) is 51.0 Å². The molecule has 104 valence electrons. The predicted molar refractivity (Wildman–Crippen MR) is 80.1 cm³/mol. The normalized spacial score (nSPS) is 26.9. The number of hydrogen-bond acceptors (Lipinski definition) is 3. The van der Waals surface area contributed by atoms with E-state index < -0.39 is 0 Å². The summed E-state index contributed by atoms with van der Waals surface area (Å²) >= 11 is 0. The minimum Gasteiger partial charge on any atom is -0.399 e. The highest BCUT2D eigenvalue weighted by molar-refractivity contribution is 5.41. The molecule has 0 aromatic heterocycles. The monoisotopic (exact) mass is 259 g/mol. The topological polar surface area (TPSA) is 32.5 Å². The molecule has 0 bridgehead atoms. The van der Waals surface area contributed by atoms with Crippen LogP contribution in [0, 0.1) is 0 Å². The second kappa shape index (κ2) is 5.51. The highest BCUT2D eigenvalue weighted by atomic mass is 15.3. The fourth-order valence-electron chi connectivity index (χ4n) is 3.62. The molecular formula is C16H25N3. The molecule has 0 spiro atoms. The average molecular weight is 259 g/mol. The fraction of sp³-hybridized carbons (Fsp3) is 0.625. The summed E-state index contributed by atoms with van der Waals surface area (Å²) in [4.78, 5) is 5.33. The Balaban J connectivity index is 1.73. The van der Waals surface area contributed by atoms with Crippen LogP contribution in [-0.2, 0) is 0 Å². The highest BCUT2D eigenvalue weighted by Crippen LogP contribution is 2.28. The first-order valence-electron chi connectivity index (χ1n) is 7.57. The number of fused-ring (bicyclic) bond motifs is 1. The molecule has 0 saturated carbocycles. The third-order valence-electron chi connectivity index (χ3n) is 4.78. The molecular weight excluding hydrogens is 234 g/mol. The van der Waals surface area contributed by atoms with E-state index >= 15 is 0 Å². The number of nitrogen functional groups attached to an aromatic ring is 1. The Bertz CT molecular complexity index is 432. The summed E-state index contributed by atoms with van der Waals surface area (Å²) in [6.45, 7) is 7.34. The van der Waals surface area contributed by atoms with Crippen molar-refractivity contribution < 1.29 is 0 Å². The first kappa shape index (κ1) is 12.9. The Kier molecular flexibility index (Phi) is 3.76. The number of anilines is 1. The molecule has 0 aliphatic carbocycles. The van der Waals surface area contributed by atoms with Crippen molar-refractivity contribution in [1.82, 2.24) is 9.80 Å².